The lowest BCUT2D eigenvalue weighted by molar-refractivity contribution is -0.136. The van der Waals surface area contributed by atoms with Gasteiger partial charge in [0.2, 0.25) is 0 Å². The summed E-state index contributed by atoms with van der Waals surface area (Å²) in [4.78, 5) is 1.14. The highest BCUT2D eigenvalue weighted by atomic mass is 127. The lowest BCUT2D eigenvalue weighted by atomic mass is 10.4. The van der Waals surface area contributed by atoms with Crippen molar-refractivity contribution in [2.24, 2.45) is 0 Å². The highest BCUT2D eigenvalue weighted by Gasteiger charge is 2.11. The lowest BCUT2D eigenvalue weighted by Crippen LogP contribution is -2.20. The quantitative estimate of drug-likeness (QED) is 0.299. The van der Waals surface area contributed by atoms with Crippen LogP contribution in [-0.2, 0) is 9.47 Å². The van der Waals surface area contributed by atoms with E-state index in [1.807, 2.05) is 45.0 Å². The molecular weight excluding hydrogens is 371 g/mol. The fourth-order valence-electron chi connectivity index (χ4n) is 1.30. The molecule has 1 aromatic rings. The second-order valence-electron chi connectivity index (χ2n) is 3.52. The van der Waals surface area contributed by atoms with Crippen LogP contribution in [0.25, 0.3) is 0 Å². The third kappa shape index (κ3) is 6.86. The van der Waals surface area contributed by atoms with E-state index in [-0.39, 0.29) is 15.8 Å². The fraction of sp³-hybridized carbons (Fsp3) is 0.500. The summed E-state index contributed by atoms with van der Waals surface area (Å²) in [7, 11) is 0. The summed E-state index contributed by atoms with van der Waals surface area (Å²) in [6.45, 7) is 5.91. The number of benzene rings is 1. The zero-order valence-corrected chi connectivity index (χ0v) is 13.8. The maximum Gasteiger partial charge on any atom is 0.157 e. The summed E-state index contributed by atoms with van der Waals surface area (Å²) in [5.74, 6) is 0. The Bertz CT molecular complexity index is 332. The van der Waals surface area contributed by atoms with Crippen LogP contribution in [-0.4, -0.2) is 15.8 Å². The molecule has 17 heavy (non-hydrogen) atoms. The first kappa shape index (κ1) is 15.6. The van der Waals surface area contributed by atoms with Gasteiger partial charge in [-0.1, -0.05) is 46.0 Å². The first-order valence-corrected chi connectivity index (χ1v) is 7.85. The van der Waals surface area contributed by atoms with Crippen LogP contribution in [0.1, 0.15) is 20.8 Å². The first-order chi connectivity index (χ1) is 7.97. The minimum absolute atomic E-state index is 0.0429. The molecule has 1 aromatic carbocycles. The fourth-order valence-corrected chi connectivity index (χ4v) is 2.73. The second-order valence-corrected chi connectivity index (χ2v) is 7.08. The number of thioether (sulfide) groups is 1. The average Bonchev–Trinajstić information content (AvgIpc) is 2.19. The number of ether oxygens (including phenoxy) is 2. The van der Waals surface area contributed by atoms with E-state index >= 15 is 0 Å². The molecule has 0 saturated carbocycles. The smallest absolute Gasteiger partial charge is 0.157 e. The van der Waals surface area contributed by atoms with E-state index in [0.717, 1.165) is 9.92 Å². The predicted molar refractivity (Wildman–Crippen MR) is 81.9 cm³/mol. The van der Waals surface area contributed by atoms with Gasteiger partial charge >= 0.3 is 0 Å². The van der Waals surface area contributed by atoms with Crippen LogP contribution in [0.5, 0.6) is 0 Å². The van der Waals surface area contributed by atoms with Gasteiger partial charge in [0.05, 0.1) is 0 Å². The van der Waals surface area contributed by atoms with Gasteiger partial charge in [0.1, 0.15) is 9.55 Å². The summed E-state index contributed by atoms with van der Waals surface area (Å²) in [6, 6.07) is 7.73. The summed E-state index contributed by atoms with van der Waals surface area (Å²) < 4.78 is 11.4. The molecule has 3 unspecified atom stereocenters. The van der Waals surface area contributed by atoms with Crippen LogP contribution in [0.15, 0.2) is 29.2 Å². The lowest BCUT2D eigenvalue weighted by Gasteiger charge is -2.20. The molecule has 2 nitrogen and oxygen atoms in total. The summed E-state index contributed by atoms with van der Waals surface area (Å²) >= 11 is 9.68. The van der Waals surface area contributed by atoms with Crippen molar-refractivity contribution in [1.29, 1.82) is 0 Å². The third-order valence-electron chi connectivity index (χ3n) is 1.88. The molecule has 0 aliphatic carbocycles. The Hall–Kier alpha value is 0.510. The van der Waals surface area contributed by atoms with Gasteiger partial charge in [-0.05, 0) is 45.0 Å². The largest absolute Gasteiger partial charge is 0.340 e. The van der Waals surface area contributed by atoms with Gasteiger partial charge in [-0.25, -0.2) is 0 Å². The first-order valence-electron chi connectivity index (χ1n) is 5.34. The van der Waals surface area contributed by atoms with Crippen molar-refractivity contribution in [3.05, 3.63) is 29.3 Å². The van der Waals surface area contributed by atoms with Gasteiger partial charge in [0, 0.05) is 9.92 Å². The van der Waals surface area contributed by atoms with Crippen molar-refractivity contribution in [3.8, 4) is 0 Å². The maximum absolute atomic E-state index is 5.83. The monoisotopic (exact) mass is 386 g/mol. The molecule has 5 heteroatoms. The van der Waals surface area contributed by atoms with Gasteiger partial charge in [-0.15, -0.1) is 0 Å². The molecule has 0 aromatic heterocycles. The van der Waals surface area contributed by atoms with Gasteiger partial charge in [0.15, 0.2) is 6.29 Å². The number of alkyl halides is 1. The third-order valence-corrected chi connectivity index (χ3v) is 3.41. The summed E-state index contributed by atoms with van der Waals surface area (Å²) in [5, 5.41) is 0.748. The van der Waals surface area contributed by atoms with E-state index in [1.165, 1.54) is 0 Å². The molecule has 0 fully saturated rings. The van der Waals surface area contributed by atoms with E-state index < -0.39 is 0 Å². The molecule has 0 aliphatic rings. The topological polar surface area (TPSA) is 18.5 Å². The molecule has 1 rings (SSSR count). The normalized spacial score (nSPS) is 16.5. The van der Waals surface area contributed by atoms with Crippen LogP contribution in [0.4, 0.5) is 0 Å². The minimum Gasteiger partial charge on any atom is -0.340 e. The highest BCUT2D eigenvalue weighted by molar-refractivity contribution is 14.1. The SMILES string of the molecule is CC(I)OC(C)OC(C)Sc1ccc(Cl)cc1. The molecule has 0 bridgehead atoms. The standard InChI is InChI=1S/C12H16ClIO2S/c1-8(14)15-9(2)16-10(3)17-12-6-4-11(13)5-7-12/h4-10H,1-3H3. The van der Waals surface area contributed by atoms with Crippen molar-refractivity contribution in [2.75, 3.05) is 0 Å². The van der Waals surface area contributed by atoms with E-state index in [0.29, 0.717) is 0 Å². The molecule has 0 spiro atoms. The van der Waals surface area contributed by atoms with E-state index in [2.05, 4.69) is 22.6 Å². The van der Waals surface area contributed by atoms with Crippen LogP contribution in [0.3, 0.4) is 0 Å². The zero-order valence-electron chi connectivity index (χ0n) is 10.0. The van der Waals surface area contributed by atoms with Gasteiger partial charge in [0.25, 0.3) is 0 Å². The van der Waals surface area contributed by atoms with Crippen LogP contribution in [0.2, 0.25) is 5.02 Å². The molecule has 0 heterocycles. The molecule has 0 saturated heterocycles. The summed E-state index contributed by atoms with van der Waals surface area (Å²) in [6.07, 6.45) is -0.197. The van der Waals surface area contributed by atoms with Gasteiger partial charge < -0.3 is 9.47 Å². The van der Waals surface area contributed by atoms with Crippen molar-refractivity contribution in [1.82, 2.24) is 0 Å². The van der Waals surface area contributed by atoms with Crippen molar-refractivity contribution < 1.29 is 9.47 Å². The summed E-state index contributed by atoms with van der Waals surface area (Å²) in [5.41, 5.74) is 0.0429. The zero-order chi connectivity index (χ0) is 12.8. The molecule has 0 aliphatic heterocycles. The highest BCUT2D eigenvalue weighted by Crippen LogP contribution is 2.26. The predicted octanol–water partition coefficient (Wildman–Crippen LogP) is 4.94. The Morgan fingerprint density at radius 3 is 2.24 bits per heavy atom. The molecule has 0 N–H and O–H groups in total. The van der Waals surface area contributed by atoms with Crippen LogP contribution < -0.4 is 0 Å². The number of hydrogen-bond acceptors (Lipinski definition) is 3. The van der Waals surface area contributed by atoms with Crippen molar-refractivity contribution >= 4 is 46.0 Å². The molecular formula is C12H16ClIO2S. The average molecular weight is 387 g/mol. The van der Waals surface area contributed by atoms with Gasteiger partial charge in [-0.3, -0.25) is 0 Å². The number of halogens is 2. The van der Waals surface area contributed by atoms with Gasteiger partial charge in [-0.2, -0.15) is 0 Å². The second kappa shape index (κ2) is 7.84. The molecule has 3 atom stereocenters. The van der Waals surface area contributed by atoms with E-state index in [9.17, 15) is 0 Å². The minimum atomic E-state index is -0.197. The Kier molecular flexibility index (Phi) is 7.18. The van der Waals surface area contributed by atoms with Crippen LogP contribution >= 0.6 is 46.0 Å². The van der Waals surface area contributed by atoms with E-state index in [4.69, 9.17) is 21.1 Å². The van der Waals surface area contributed by atoms with E-state index in [1.54, 1.807) is 11.8 Å². The van der Waals surface area contributed by atoms with Crippen molar-refractivity contribution in [2.45, 2.75) is 41.5 Å². The number of hydrogen-bond donors (Lipinski definition) is 0. The molecule has 0 radical (unpaired) electrons. The Morgan fingerprint density at radius 1 is 1.12 bits per heavy atom. The molecule has 96 valence electrons. The Balaban J connectivity index is 2.38. The maximum atomic E-state index is 5.83. The van der Waals surface area contributed by atoms with Crippen molar-refractivity contribution in [3.63, 3.8) is 0 Å². The Morgan fingerprint density at radius 2 is 1.71 bits per heavy atom. The van der Waals surface area contributed by atoms with Crippen LogP contribution in [0, 0.1) is 0 Å². The Labute approximate surface area is 126 Å². The molecule has 0 amide bonds. The number of rotatable bonds is 6.